The van der Waals surface area contributed by atoms with Crippen LogP contribution in [0, 0.1) is 0 Å². The van der Waals surface area contributed by atoms with Crippen LogP contribution in [0.2, 0.25) is 0 Å². The maximum Gasteiger partial charge on any atom is 0.161 e. The van der Waals surface area contributed by atoms with Crippen molar-refractivity contribution in [3.05, 3.63) is 60.4 Å². The van der Waals surface area contributed by atoms with Gasteiger partial charge >= 0.3 is 0 Å². The van der Waals surface area contributed by atoms with E-state index in [4.69, 9.17) is 18.9 Å². The first-order valence-corrected chi connectivity index (χ1v) is 8.80. The number of nitrogens with zero attached hydrogens (tertiary/aromatic N) is 1. The fraction of sp³-hybridized carbons (Fsp3) is 0.227. The lowest BCUT2D eigenvalue weighted by molar-refractivity contribution is 0.354. The highest BCUT2D eigenvalue weighted by Gasteiger charge is 2.08. The number of aromatic nitrogens is 1. The second-order valence-electron chi connectivity index (χ2n) is 6.07. The summed E-state index contributed by atoms with van der Waals surface area (Å²) >= 11 is 0. The standard InChI is InChI=1S/C22H24N2O4/c1-25-19-7-5-15(9-21(19)27-3)12-24-18-10-17(13-23-14-18)16-6-8-20(26-2)22(11-16)28-4/h5-11,13-14,24H,12H2,1-4H3. The van der Waals surface area contributed by atoms with E-state index in [2.05, 4.69) is 16.4 Å². The lowest BCUT2D eigenvalue weighted by atomic mass is 10.1. The molecule has 0 atom stereocenters. The highest BCUT2D eigenvalue weighted by molar-refractivity contribution is 5.69. The van der Waals surface area contributed by atoms with E-state index < -0.39 is 0 Å². The molecule has 0 saturated heterocycles. The molecule has 1 aromatic heterocycles. The van der Waals surface area contributed by atoms with Crippen molar-refractivity contribution in [2.24, 2.45) is 0 Å². The smallest absolute Gasteiger partial charge is 0.161 e. The Kier molecular flexibility index (Phi) is 6.22. The fourth-order valence-electron chi connectivity index (χ4n) is 2.90. The number of methoxy groups -OCH3 is 4. The molecule has 1 heterocycles. The maximum absolute atomic E-state index is 5.39. The van der Waals surface area contributed by atoms with Crippen molar-refractivity contribution in [1.82, 2.24) is 4.98 Å². The van der Waals surface area contributed by atoms with E-state index in [1.165, 1.54) is 0 Å². The van der Waals surface area contributed by atoms with Crippen LogP contribution >= 0.6 is 0 Å². The van der Waals surface area contributed by atoms with E-state index in [-0.39, 0.29) is 0 Å². The van der Waals surface area contributed by atoms with Gasteiger partial charge in [-0.15, -0.1) is 0 Å². The van der Waals surface area contributed by atoms with Gasteiger partial charge in [0.05, 0.1) is 34.1 Å². The maximum atomic E-state index is 5.39. The fourth-order valence-corrected chi connectivity index (χ4v) is 2.90. The summed E-state index contributed by atoms with van der Waals surface area (Å²) in [5.74, 6) is 2.80. The third-order valence-electron chi connectivity index (χ3n) is 4.40. The molecule has 1 N–H and O–H groups in total. The Morgan fingerprint density at radius 1 is 0.679 bits per heavy atom. The van der Waals surface area contributed by atoms with Gasteiger partial charge in [0.15, 0.2) is 23.0 Å². The van der Waals surface area contributed by atoms with E-state index in [0.29, 0.717) is 29.5 Å². The molecule has 0 spiro atoms. The first-order valence-electron chi connectivity index (χ1n) is 8.80. The number of nitrogens with one attached hydrogen (secondary N) is 1. The van der Waals surface area contributed by atoms with Crippen LogP contribution in [-0.2, 0) is 6.54 Å². The molecule has 0 saturated carbocycles. The summed E-state index contributed by atoms with van der Waals surface area (Å²) in [4.78, 5) is 4.35. The van der Waals surface area contributed by atoms with Gasteiger partial charge in [0.25, 0.3) is 0 Å². The van der Waals surface area contributed by atoms with E-state index >= 15 is 0 Å². The topological polar surface area (TPSA) is 61.8 Å². The van der Waals surface area contributed by atoms with Crippen molar-refractivity contribution in [2.75, 3.05) is 33.8 Å². The van der Waals surface area contributed by atoms with Crippen LogP contribution in [0.25, 0.3) is 11.1 Å². The summed E-state index contributed by atoms with van der Waals surface area (Å²) in [6.45, 7) is 0.636. The number of benzene rings is 2. The van der Waals surface area contributed by atoms with Gasteiger partial charge < -0.3 is 24.3 Å². The molecule has 0 unspecified atom stereocenters. The van der Waals surface area contributed by atoms with Gasteiger partial charge in [-0.25, -0.2) is 0 Å². The van der Waals surface area contributed by atoms with Gasteiger partial charge in [-0.05, 0) is 41.5 Å². The third kappa shape index (κ3) is 4.28. The molecule has 2 aromatic carbocycles. The summed E-state index contributed by atoms with van der Waals surface area (Å²) < 4.78 is 21.3. The molecule has 0 aliphatic carbocycles. The van der Waals surface area contributed by atoms with Crippen molar-refractivity contribution >= 4 is 5.69 Å². The van der Waals surface area contributed by atoms with Gasteiger partial charge in [-0.2, -0.15) is 0 Å². The molecule has 0 bridgehead atoms. The summed E-state index contributed by atoms with van der Waals surface area (Å²) in [5, 5.41) is 3.40. The lowest BCUT2D eigenvalue weighted by Gasteiger charge is -2.12. The SMILES string of the molecule is COc1ccc(CNc2cncc(-c3ccc(OC)c(OC)c3)c2)cc1OC. The number of hydrogen-bond donors (Lipinski definition) is 1. The number of hydrogen-bond acceptors (Lipinski definition) is 6. The van der Waals surface area contributed by atoms with Crippen LogP contribution in [0.5, 0.6) is 23.0 Å². The predicted molar refractivity (Wildman–Crippen MR) is 110 cm³/mol. The Labute approximate surface area is 165 Å². The highest BCUT2D eigenvalue weighted by atomic mass is 16.5. The number of ether oxygens (including phenoxy) is 4. The zero-order valence-corrected chi connectivity index (χ0v) is 16.5. The molecule has 6 nitrogen and oxygen atoms in total. The molecule has 6 heteroatoms. The number of pyridine rings is 1. The van der Waals surface area contributed by atoms with Gasteiger partial charge in [-0.1, -0.05) is 12.1 Å². The van der Waals surface area contributed by atoms with Gasteiger partial charge in [0.1, 0.15) is 0 Å². The summed E-state index contributed by atoms with van der Waals surface area (Å²) in [7, 11) is 6.51. The molecule has 3 rings (SSSR count). The summed E-state index contributed by atoms with van der Waals surface area (Å²) in [5.41, 5.74) is 3.98. The molecule has 3 aromatic rings. The first kappa shape index (κ1) is 19.4. The van der Waals surface area contributed by atoms with Crippen molar-refractivity contribution < 1.29 is 18.9 Å². The molecular weight excluding hydrogens is 356 g/mol. The van der Waals surface area contributed by atoms with E-state index in [9.17, 15) is 0 Å². The Bertz CT molecular complexity index is 944. The Hall–Kier alpha value is -3.41. The van der Waals surface area contributed by atoms with Crippen LogP contribution in [-0.4, -0.2) is 33.4 Å². The average molecular weight is 380 g/mol. The minimum atomic E-state index is 0.636. The van der Waals surface area contributed by atoms with Crippen molar-refractivity contribution in [3.8, 4) is 34.1 Å². The second kappa shape index (κ2) is 8.99. The van der Waals surface area contributed by atoms with E-state index in [1.807, 2.05) is 42.6 Å². The van der Waals surface area contributed by atoms with Crippen molar-refractivity contribution in [3.63, 3.8) is 0 Å². The van der Waals surface area contributed by atoms with Crippen LogP contribution < -0.4 is 24.3 Å². The lowest BCUT2D eigenvalue weighted by Crippen LogP contribution is -2.01. The van der Waals surface area contributed by atoms with Crippen molar-refractivity contribution in [1.29, 1.82) is 0 Å². The minimum Gasteiger partial charge on any atom is -0.493 e. The van der Waals surface area contributed by atoms with E-state index in [0.717, 1.165) is 22.4 Å². The minimum absolute atomic E-state index is 0.636. The largest absolute Gasteiger partial charge is 0.493 e. The quantitative estimate of drug-likeness (QED) is 0.625. The normalized spacial score (nSPS) is 10.3. The zero-order chi connectivity index (χ0) is 19.9. The zero-order valence-electron chi connectivity index (χ0n) is 16.5. The van der Waals surface area contributed by atoms with Gasteiger partial charge in [-0.3, -0.25) is 4.98 Å². The van der Waals surface area contributed by atoms with Gasteiger partial charge in [0.2, 0.25) is 0 Å². The van der Waals surface area contributed by atoms with Crippen LogP contribution in [0.4, 0.5) is 5.69 Å². The molecule has 0 fully saturated rings. The van der Waals surface area contributed by atoms with Gasteiger partial charge in [0, 0.05) is 24.5 Å². The van der Waals surface area contributed by atoms with Crippen LogP contribution in [0.3, 0.4) is 0 Å². The number of rotatable bonds is 8. The molecule has 28 heavy (non-hydrogen) atoms. The number of anilines is 1. The summed E-state index contributed by atoms with van der Waals surface area (Å²) in [6, 6.07) is 13.7. The molecule has 0 aliphatic rings. The Morgan fingerprint density at radius 3 is 2.00 bits per heavy atom. The average Bonchev–Trinajstić information content (AvgIpc) is 2.77. The third-order valence-corrected chi connectivity index (χ3v) is 4.40. The molecule has 0 radical (unpaired) electrons. The summed E-state index contributed by atoms with van der Waals surface area (Å²) in [6.07, 6.45) is 3.62. The second-order valence-corrected chi connectivity index (χ2v) is 6.07. The highest BCUT2D eigenvalue weighted by Crippen LogP contribution is 2.33. The van der Waals surface area contributed by atoms with Crippen LogP contribution in [0.1, 0.15) is 5.56 Å². The van der Waals surface area contributed by atoms with E-state index in [1.54, 1.807) is 34.6 Å². The molecule has 146 valence electrons. The Balaban J connectivity index is 1.77. The molecule has 0 amide bonds. The van der Waals surface area contributed by atoms with Crippen molar-refractivity contribution in [2.45, 2.75) is 6.54 Å². The Morgan fingerprint density at radius 2 is 1.32 bits per heavy atom. The molecule has 0 aliphatic heterocycles. The van der Waals surface area contributed by atoms with Crippen LogP contribution in [0.15, 0.2) is 54.9 Å². The monoisotopic (exact) mass is 380 g/mol. The first-order chi connectivity index (χ1) is 13.7. The predicted octanol–water partition coefficient (Wildman–Crippen LogP) is 4.40. The molecular formula is C22H24N2O4.